The second-order valence-corrected chi connectivity index (χ2v) is 11.6. The third-order valence-corrected chi connectivity index (χ3v) is 7.68. The van der Waals surface area contributed by atoms with Crippen molar-refractivity contribution < 1.29 is 14.3 Å². The van der Waals surface area contributed by atoms with E-state index in [1.807, 2.05) is 52.0 Å². The van der Waals surface area contributed by atoms with Gasteiger partial charge in [-0.3, -0.25) is 0 Å². The SMILES string of the molecule is COC(=O)C(OC(C)(C)C)c1c(C)nc2c(c(C)c(C)n2CC2CCCCC2)c1-c1ccc(Cl)cc1. The average Bonchev–Trinajstić information content (AvgIpc) is 3.06. The summed E-state index contributed by atoms with van der Waals surface area (Å²) >= 11 is 6.26. The second kappa shape index (κ2) is 10.5. The number of halogens is 1. The van der Waals surface area contributed by atoms with Crippen molar-refractivity contribution in [2.75, 3.05) is 7.11 Å². The van der Waals surface area contributed by atoms with Crippen molar-refractivity contribution in [2.24, 2.45) is 5.92 Å². The number of fused-ring (bicyclic) bond motifs is 1. The Kier molecular flexibility index (Phi) is 7.82. The number of aromatic nitrogens is 2. The highest BCUT2D eigenvalue weighted by Gasteiger charge is 2.34. The molecule has 194 valence electrons. The monoisotopic (exact) mass is 510 g/mol. The molecule has 1 fully saturated rings. The Morgan fingerprint density at radius 1 is 1.11 bits per heavy atom. The molecular weight excluding hydrogens is 472 g/mol. The summed E-state index contributed by atoms with van der Waals surface area (Å²) in [5.74, 6) is 0.237. The first-order valence-electron chi connectivity index (χ1n) is 13.0. The zero-order valence-electron chi connectivity index (χ0n) is 22.7. The van der Waals surface area contributed by atoms with Crippen LogP contribution in [0.2, 0.25) is 5.02 Å². The highest BCUT2D eigenvalue weighted by molar-refractivity contribution is 6.30. The maximum atomic E-state index is 13.1. The fourth-order valence-corrected chi connectivity index (χ4v) is 5.70. The van der Waals surface area contributed by atoms with Crippen LogP contribution in [0.25, 0.3) is 22.2 Å². The molecule has 4 rings (SSSR count). The molecule has 1 aliphatic carbocycles. The highest BCUT2D eigenvalue weighted by atomic mass is 35.5. The maximum absolute atomic E-state index is 13.1. The van der Waals surface area contributed by atoms with Crippen LogP contribution in [-0.2, 0) is 20.8 Å². The van der Waals surface area contributed by atoms with Crippen molar-refractivity contribution in [3.8, 4) is 11.1 Å². The number of hydrogen-bond acceptors (Lipinski definition) is 4. The number of nitrogens with zero attached hydrogens (tertiary/aromatic N) is 2. The van der Waals surface area contributed by atoms with E-state index in [0.717, 1.165) is 40.0 Å². The van der Waals surface area contributed by atoms with Crippen LogP contribution in [-0.4, -0.2) is 28.2 Å². The fraction of sp³-hybridized carbons (Fsp3) is 0.533. The van der Waals surface area contributed by atoms with Crippen molar-refractivity contribution in [1.29, 1.82) is 0 Å². The zero-order chi connectivity index (χ0) is 26.2. The number of pyridine rings is 1. The largest absolute Gasteiger partial charge is 0.467 e. The summed E-state index contributed by atoms with van der Waals surface area (Å²) in [6.07, 6.45) is 5.58. The number of hydrogen-bond donors (Lipinski definition) is 0. The third-order valence-electron chi connectivity index (χ3n) is 7.43. The molecule has 1 saturated carbocycles. The smallest absolute Gasteiger partial charge is 0.339 e. The van der Waals surface area contributed by atoms with E-state index in [1.165, 1.54) is 50.5 Å². The first-order valence-corrected chi connectivity index (χ1v) is 13.4. The van der Waals surface area contributed by atoms with Crippen molar-refractivity contribution in [1.82, 2.24) is 9.55 Å². The van der Waals surface area contributed by atoms with Crippen LogP contribution in [0.1, 0.15) is 81.5 Å². The lowest BCUT2D eigenvalue weighted by molar-refractivity contribution is -0.164. The van der Waals surface area contributed by atoms with Gasteiger partial charge in [0, 0.05) is 39.5 Å². The number of rotatable bonds is 6. The molecule has 3 aromatic rings. The van der Waals surface area contributed by atoms with Gasteiger partial charge in [0.2, 0.25) is 0 Å². The van der Waals surface area contributed by atoms with E-state index in [4.69, 9.17) is 26.1 Å². The number of aryl methyl sites for hydroxylation is 2. The fourth-order valence-electron chi connectivity index (χ4n) is 5.57. The number of esters is 1. The molecular formula is C30H39ClN2O3. The Hall–Kier alpha value is -2.37. The minimum atomic E-state index is -0.904. The van der Waals surface area contributed by atoms with Crippen molar-refractivity contribution in [3.63, 3.8) is 0 Å². The van der Waals surface area contributed by atoms with Crippen LogP contribution in [0, 0.1) is 26.7 Å². The lowest BCUT2D eigenvalue weighted by atomic mass is 9.89. The molecule has 1 unspecified atom stereocenters. The summed E-state index contributed by atoms with van der Waals surface area (Å²) in [6, 6.07) is 7.81. The predicted molar refractivity (Wildman–Crippen MR) is 147 cm³/mol. The van der Waals surface area contributed by atoms with Gasteiger partial charge in [0.25, 0.3) is 0 Å². The molecule has 1 atom stereocenters. The van der Waals surface area contributed by atoms with Crippen LogP contribution in [0.15, 0.2) is 24.3 Å². The molecule has 36 heavy (non-hydrogen) atoms. The minimum Gasteiger partial charge on any atom is -0.467 e. The molecule has 0 bridgehead atoms. The predicted octanol–water partition coefficient (Wildman–Crippen LogP) is 7.89. The first kappa shape index (κ1) is 26.7. The molecule has 0 spiro atoms. The summed E-state index contributed by atoms with van der Waals surface area (Å²) in [5.41, 5.74) is 6.29. The average molecular weight is 511 g/mol. The minimum absolute atomic E-state index is 0.430. The molecule has 1 aliphatic rings. The summed E-state index contributed by atoms with van der Waals surface area (Å²) < 4.78 is 14.0. The molecule has 2 heterocycles. The quantitative estimate of drug-likeness (QED) is 0.316. The van der Waals surface area contributed by atoms with Gasteiger partial charge >= 0.3 is 5.97 Å². The number of methoxy groups -OCH3 is 1. The normalized spacial score (nSPS) is 15.9. The Balaban J connectivity index is 2.02. The van der Waals surface area contributed by atoms with E-state index in [2.05, 4.69) is 18.4 Å². The van der Waals surface area contributed by atoms with Gasteiger partial charge in [0.05, 0.1) is 12.7 Å². The van der Waals surface area contributed by atoms with Gasteiger partial charge in [-0.15, -0.1) is 0 Å². The van der Waals surface area contributed by atoms with Gasteiger partial charge in [-0.25, -0.2) is 9.78 Å². The Morgan fingerprint density at radius 2 is 1.75 bits per heavy atom. The third kappa shape index (κ3) is 5.33. The molecule has 2 aromatic heterocycles. The van der Waals surface area contributed by atoms with Crippen molar-refractivity contribution >= 4 is 28.6 Å². The van der Waals surface area contributed by atoms with Gasteiger partial charge < -0.3 is 14.0 Å². The molecule has 0 radical (unpaired) electrons. The summed E-state index contributed by atoms with van der Waals surface area (Å²) in [4.78, 5) is 18.3. The number of carbonyl (C=O) groups excluding carboxylic acids is 1. The Bertz CT molecular complexity index is 1250. The van der Waals surface area contributed by atoms with Crippen LogP contribution in [0.5, 0.6) is 0 Å². The van der Waals surface area contributed by atoms with Crippen LogP contribution in [0.3, 0.4) is 0 Å². The van der Waals surface area contributed by atoms with E-state index < -0.39 is 17.7 Å². The number of ether oxygens (including phenoxy) is 2. The van der Waals surface area contributed by atoms with E-state index in [0.29, 0.717) is 10.9 Å². The second-order valence-electron chi connectivity index (χ2n) is 11.1. The van der Waals surface area contributed by atoms with Crippen LogP contribution < -0.4 is 0 Å². The summed E-state index contributed by atoms with van der Waals surface area (Å²) in [6.45, 7) is 13.1. The van der Waals surface area contributed by atoms with Crippen LogP contribution >= 0.6 is 11.6 Å². The van der Waals surface area contributed by atoms with E-state index in [-0.39, 0.29) is 0 Å². The molecule has 0 aliphatic heterocycles. The highest BCUT2D eigenvalue weighted by Crippen LogP contribution is 2.43. The van der Waals surface area contributed by atoms with Gasteiger partial charge in [0.15, 0.2) is 6.10 Å². The van der Waals surface area contributed by atoms with Crippen molar-refractivity contribution in [3.05, 3.63) is 51.8 Å². The maximum Gasteiger partial charge on any atom is 0.339 e. The van der Waals surface area contributed by atoms with Gasteiger partial charge in [-0.05, 0) is 83.6 Å². The molecule has 0 N–H and O–H groups in total. The lowest BCUT2D eigenvalue weighted by Crippen LogP contribution is -2.29. The van der Waals surface area contributed by atoms with Gasteiger partial charge in [0.1, 0.15) is 5.65 Å². The first-order chi connectivity index (χ1) is 17.0. The molecule has 1 aromatic carbocycles. The lowest BCUT2D eigenvalue weighted by Gasteiger charge is -2.29. The van der Waals surface area contributed by atoms with Crippen LogP contribution in [0.4, 0.5) is 0 Å². The molecule has 6 heteroatoms. The molecule has 0 saturated heterocycles. The van der Waals surface area contributed by atoms with Gasteiger partial charge in [-0.2, -0.15) is 0 Å². The molecule has 5 nitrogen and oxygen atoms in total. The standard InChI is InChI=1S/C30H39ClN2O3/c1-18-20(3)33(17-21-11-9-8-10-12-21)28-24(18)26(22-13-15-23(31)16-14-22)25(19(2)32-28)27(29(34)35-7)36-30(4,5)6/h13-16,21,27H,8-12,17H2,1-7H3. The van der Waals surface area contributed by atoms with E-state index >= 15 is 0 Å². The summed E-state index contributed by atoms with van der Waals surface area (Å²) in [7, 11) is 1.40. The van der Waals surface area contributed by atoms with E-state index in [1.54, 1.807) is 0 Å². The Morgan fingerprint density at radius 3 is 2.33 bits per heavy atom. The van der Waals surface area contributed by atoms with E-state index in [9.17, 15) is 4.79 Å². The topological polar surface area (TPSA) is 53.4 Å². The summed E-state index contributed by atoms with van der Waals surface area (Å²) in [5, 5.41) is 1.73. The van der Waals surface area contributed by atoms with Crippen molar-refractivity contribution in [2.45, 2.75) is 91.9 Å². The zero-order valence-corrected chi connectivity index (χ0v) is 23.5. The Labute approximate surface area is 220 Å². The van der Waals surface area contributed by atoms with Gasteiger partial charge in [-0.1, -0.05) is 43.0 Å². The number of benzene rings is 1. The number of carbonyl (C=O) groups is 1. The molecule has 0 amide bonds.